The van der Waals surface area contributed by atoms with E-state index in [9.17, 15) is 0 Å². The molecule has 1 aliphatic rings. The first-order chi connectivity index (χ1) is 9.86. The van der Waals surface area contributed by atoms with Crippen molar-refractivity contribution in [2.75, 3.05) is 26.2 Å². The molecule has 120 valence electrons. The van der Waals surface area contributed by atoms with Crippen LogP contribution in [0.25, 0.3) is 0 Å². The molecular formula is C18H37NO. The largest absolute Gasteiger partial charge is 0.396 e. The fraction of sp³-hybridized carbons (Fsp3) is 1.00. The maximum Gasteiger partial charge on any atom is 0.0431 e. The molecule has 0 aromatic heterocycles. The number of aliphatic hydroxyl groups is 1. The second-order valence-electron chi connectivity index (χ2n) is 6.63. The van der Waals surface area contributed by atoms with Crippen LogP contribution in [0.1, 0.15) is 84.0 Å². The average Bonchev–Trinajstić information content (AvgIpc) is 2.48. The van der Waals surface area contributed by atoms with Gasteiger partial charge in [0.25, 0.3) is 0 Å². The minimum Gasteiger partial charge on any atom is -0.396 e. The lowest BCUT2D eigenvalue weighted by Crippen LogP contribution is -2.34. The molecule has 1 heterocycles. The van der Waals surface area contributed by atoms with Gasteiger partial charge in [0.2, 0.25) is 0 Å². The summed E-state index contributed by atoms with van der Waals surface area (Å²) in [6.45, 7) is 6.44. The highest BCUT2D eigenvalue weighted by Gasteiger charge is 2.18. The highest BCUT2D eigenvalue weighted by Crippen LogP contribution is 2.23. The van der Waals surface area contributed by atoms with Crippen molar-refractivity contribution in [3.63, 3.8) is 0 Å². The predicted molar refractivity (Wildman–Crippen MR) is 88.1 cm³/mol. The number of rotatable bonds is 12. The summed E-state index contributed by atoms with van der Waals surface area (Å²) >= 11 is 0. The maximum absolute atomic E-state index is 8.81. The first kappa shape index (κ1) is 18.0. The van der Waals surface area contributed by atoms with Crippen molar-refractivity contribution in [2.24, 2.45) is 5.92 Å². The summed E-state index contributed by atoms with van der Waals surface area (Å²) in [6.07, 6.45) is 16.5. The third-order valence-corrected chi connectivity index (χ3v) is 4.81. The molecule has 1 rings (SSSR count). The Morgan fingerprint density at radius 2 is 1.50 bits per heavy atom. The predicted octanol–water partition coefficient (Wildman–Crippen LogP) is 4.61. The van der Waals surface area contributed by atoms with Gasteiger partial charge in [-0.05, 0) is 51.2 Å². The Kier molecular flexibility index (Phi) is 11.4. The van der Waals surface area contributed by atoms with E-state index in [1.54, 1.807) is 0 Å². The minimum absolute atomic E-state index is 0.356. The summed E-state index contributed by atoms with van der Waals surface area (Å²) < 4.78 is 0. The smallest absolute Gasteiger partial charge is 0.0431 e. The molecule has 0 bridgehead atoms. The first-order valence-electron chi connectivity index (χ1n) is 9.20. The molecule has 1 saturated heterocycles. The van der Waals surface area contributed by atoms with Gasteiger partial charge in [0.05, 0.1) is 0 Å². The molecule has 1 N–H and O–H groups in total. The average molecular weight is 284 g/mol. The molecule has 0 radical (unpaired) electrons. The molecule has 0 saturated carbocycles. The third kappa shape index (κ3) is 8.97. The highest BCUT2D eigenvalue weighted by molar-refractivity contribution is 4.72. The van der Waals surface area contributed by atoms with E-state index in [0.717, 1.165) is 12.3 Å². The van der Waals surface area contributed by atoms with Crippen LogP contribution in [0.3, 0.4) is 0 Å². The molecule has 0 unspecified atom stereocenters. The molecule has 2 heteroatoms. The van der Waals surface area contributed by atoms with E-state index in [4.69, 9.17) is 5.11 Å². The Labute approximate surface area is 126 Å². The van der Waals surface area contributed by atoms with Crippen LogP contribution in [0.5, 0.6) is 0 Å². The van der Waals surface area contributed by atoms with E-state index in [1.807, 2.05) is 0 Å². The topological polar surface area (TPSA) is 23.5 Å². The number of piperidine rings is 1. The quantitative estimate of drug-likeness (QED) is 0.529. The Morgan fingerprint density at radius 3 is 2.15 bits per heavy atom. The summed E-state index contributed by atoms with van der Waals surface area (Å²) in [5, 5.41) is 8.81. The molecule has 0 aliphatic carbocycles. The van der Waals surface area contributed by atoms with Crippen LogP contribution >= 0.6 is 0 Å². The van der Waals surface area contributed by atoms with Gasteiger partial charge in [-0.25, -0.2) is 0 Å². The van der Waals surface area contributed by atoms with Crippen LogP contribution in [-0.4, -0.2) is 36.2 Å². The zero-order chi connectivity index (χ0) is 14.5. The van der Waals surface area contributed by atoms with Gasteiger partial charge in [0, 0.05) is 6.61 Å². The number of likely N-dealkylation sites (tertiary alicyclic amines) is 1. The van der Waals surface area contributed by atoms with Crippen molar-refractivity contribution in [1.82, 2.24) is 4.90 Å². The Morgan fingerprint density at radius 1 is 0.850 bits per heavy atom. The molecule has 1 fully saturated rings. The fourth-order valence-electron chi connectivity index (χ4n) is 3.34. The van der Waals surface area contributed by atoms with Crippen molar-refractivity contribution in [1.29, 1.82) is 0 Å². The Bertz CT molecular complexity index is 200. The Hall–Kier alpha value is -0.0800. The van der Waals surface area contributed by atoms with Crippen molar-refractivity contribution < 1.29 is 5.11 Å². The second-order valence-corrected chi connectivity index (χ2v) is 6.63. The van der Waals surface area contributed by atoms with Crippen LogP contribution < -0.4 is 0 Å². The number of unbranched alkanes of at least 4 members (excludes halogenated alkanes) is 7. The van der Waals surface area contributed by atoms with Crippen LogP contribution in [-0.2, 0) is 0 Å². The highest BCUT2D eigenvalue weighted by atomic mass is 16.2. The van der Waals surface area contributed by atoms with Gasteiger partial charge in [0.1, 0.15) is 0 Å². The molecular weight excluding hydrogens is 246 g/mol. The summed E-state index contributed by atoms with van der Waals surface area (Å²) in [7, 11) is 0. The summed E-state index contributed by atoms with van der Waals surface area (Å²) in [5.41, 5.74) is 0. The lowest BCUT2D eigenvalue weighted by molar-refractivity contribution is 0.169. The molecule has 2 nitrogen and oxygen atoms in total. The molecule has 0 aromatic carbocycles. The molecule has 20 heavy (non-hydrogen) atoms. The number of nitrogens with zero attached hydrogens (tertiary/aromatic N) is 1. The number of aliphatic hydroxyl groups excluding tert-OH is 1. The standard InChI is InChI=1S/C18H37NO/c1-2-3-4-5-6-7-8-11-18-12-15-19(16-13-18)14-9-10-17-20/h18,20H,2-17H2,1H3. The van der Waals surface area contributed by atoms with Gasteiger partial charge in [-0.3, -0.25) is 0 Å². The molecule has 1 aliphatic heterocycles. The second kappa shape index (κ2) is 12.6. The van der Waals surface area contributed by atoms with Crippen LogP contribution in [0.4, 0.5) is 0 Å². The molecule has 0 atom stereocenters. The van der Waals surface area contributed by atoms with Crippen molar-refractivity contribution in [2.45, 2.75) is 84.0 Å². The van der Waals surface area contributed by atoms with Crippen LogP contribution in [0, 0.1) is 5.92 Å². The van der Waals surface area contributed by atoms with Gasteiger partial charge >= 0.3 is 0 Å². The van der Waals surface area contributed by atoms with Crippen LogP contribution in [0.15, 0.2) is 0 Å². The minimum atomic E-state index is 0.356. The van der Waals surface area contributed by atoms with Gasteiger partial charge in [0.15, 0.2) is 0 Å². The van der Waals surface area contributed by atoms with E-state index in [-0.39, 0.29) is 0 Å². The monoisotopic (exact) mass is 283 g/mol. The normalized spacial score (nSPS) is 17.7. The fourth-order valence-corrected chi connectivity index (χ4v) is 3.34. The van der Waals surface area contributed by atoms with E-state index in [0.29, 0.717) is 6.61 Å². The third-order valence-electron chi connectivity index (χ3n) is 4.81. The van der Waals surface area contributed by atoms with E-state index in [1.165, 1.54) is 90.3 Å². The number of hydrogen-bond acceptors (Lipinski definition) is 2. The molecule has 0 aromatic rings. The lowest BCUT2D eigenvalue weighted by atomic mass is 9.91. The van der Waals surface area contributed by atoms with Gasteiger partial charge < -0.3 is 10.0 Å². The van der Waals surface area contributed by atoms with Gasteiger partial charge in [-0.2, -0.15) is 0 Å². The zero-order valence-corrected chi connectivity index (χ0v) is 13.8. The summed E-state index contributed by atoms with van der Waals surface area (Å²) in [4.78, 5) is 2.59. The number of hydrogen-bond donors (Lipinski definition) is 1. The van der Waals surface area contributed by atoms with E-state index >= 15 is 0 Å². The summed E-state index contributed by atoms with van der Waals surface area (Å²) in [6, 6.07) is 0. The zero-order valence-electron chi connectivity index (χ0n) is 13.8. The molecule has 0 spiro atoms. The van der Waals surface area contributed by atoms with Crippen molar-refractivity contribution in [3.8, 4) is 0 Å². The van der Waals surface area contributed by atoms with E-state index < -0.39 is 0 Å². The van der Waals surface area contributed by atoms with Gasteiger partial charge in [-0.1, -0.05) is 58.3 Å². The SMILES string of the molecule is CCCCCCCCCC1CCN(CCCCO)CC1. The first-order valence-corrected chi connectivity index (χ1v) is 9.20. The molecule has 0 amide bonds. The van der Waals surface area contributed by atoms with Crippen molar-refractivity contribution >= 4 is 0 Å². The van der Waals surface area contributed by atoms with E-state index in [2.05, 4.69) is 11.8 Å². The van der Waals surface area contributed by atoms with Crippen LogP contribution in [0.2, 0.25) is 0 Å². The lowest BCUT2D eigenvalue weighted by Gasteiger charge is -2.32. The Balaban J connectivity index is 1.89. The van der Waals surface area contributed by atoms with Gasteiger partial charge in [-0.15, -0.1) is 0 Å². The van der Waals surface area contributed by atoms with Crippen molar-refractivity contribution in [3.05, 3.63) is 0 Å². The summed E-state index contributed by atoms with van der Waals surface area (Å²) in [5.74, 6) is 1.000. The maximum atomic E-state index is 8.81.